The largest absolute Gasteiger partial charge is 0.328 e. The third kappa shape index (κ3) is 2.11. The molecule has 2 heterocycles. The number of hydrogen-bond acceptors (Lipinski definition) is 3. The fraction of sp³-hybridized carbons (Fsp3) is 0.143. The summed E-state index contributed by atoms with van der Waals surface area (Å²) in [7, 11) is 2.00. The van der Waals surface area contributed by atoms with Crippen molar-refractivity contribution in [2.75, 3.05) is 6.26 Å². The standard InChI is InChI=1S/C14H12ClN3S/c1-18-11(9-6-4-3-5-7-9)8-10-12(15)16-14(19-2)17-13(10)18/h3-8H,1-2H3. The first-order valence-corrected chi connectivity index (χ1v) is 7.43. The Hall–Kier alpha value is -1.52. The van der Waals surface area contributed by atoms with Gasteiger partial charge in [-0.15, -0.1) is 0 Å². The maximum absolute atomic E-state index is 6.24. The van der Waals surface area contributed by atoms with Gasteiger partial charge in [0.15, 0.2) is 5.16 Å². The van der Waals surface area contributed by atoms with Crippen LogP contribution in [-0.4, -0.2) is 20.8 Å². The smallest absolute Gasteiger partial charge is 0.190 e. The topological polar surface area (TPSA) is 30.7 Å². The molecule has 3 nitrogen and oxygen atoms in total. The zero-order chi connectivity index (χ0) is 13.4. The van der Waals surface area contributed by atoms with Crippen molar-refractivity contribution in [3.05, 3.63) is 41.6 Å². The van der Waals surface area contributed by atoms with Gasteiger partial charge < -0.3 is 4.57 Å². The molecule has 96 valence electrons. The third-order valence-corrected chi connectivity index (χ3v) is 3.91. The average Bonchev–Trinajstić information content (AvgIpc) is 2.78. The summed E-state index contributed by atoms with van der Waals surface area (Å²) in [6.07, 6.45) is 1.94. The Morgan fingerprint density at radius 3 is 2.58 bits per heavy atom. The van der Waals surface area contributed by atoms with Gasteiger partial charge in [-0.1, -0.05) is 53.7 Å². The molecule has 0 atom stereocenters. The quantitative estimate of drug-likeness (QED) is 0.406. The molecule has 0 amide bonds. The second-order valence-electron chi connectivity index (χ2n) is 4.19. The lowest BCUT2D eigenvalue weighted by Crippen LogP contribution is -1.95. The highest BCUT2D eigenvalue weighted by molar-refractivity contribution is 7.98. The van der Waals surface area contributed by atoms with Crippen LogP contribution in [0.2, 0.25) is 5.15 Å². The second-order valence-corrected chi connectivity index (χ2v) is 5.32. The number of thioether (sulfide) groups is 1. The predicted molar refractivity (Wildman–Crippen MR) is 80.7 cm³/mol. The molecule has 0 saturated heterocycles. The molecule has 5 heteroatoms. The number of aromatic nitrogens is 3. The van der Waals surface area contributed by atoms with Crippen LogP contribution in [0.5, 0.6) is 0 Å². The molecule has 0 aliphatic carbocycles. The monoisotopic (exact) mass is 289 g/mol. The Balaban J connectivity index is 2.29. The normalized spacial score (nSPS) is 11.1. The first-order valence-electron chi connectivity index (χ1n) is 5.83. The van der Waals surface area contributed by atoms with Crippen molar-refractivity contribution in [2.24, 2.45) is 7.05 Å². The minimum atomic E-state index is 0.507. The second kappa shape index (κ2) is 4.87. The van der Waals surface area contributed by atoms with Gasteiger partial charge in [-0.3, -0.25) is 0 Å². The molecule has 0 unspecified atom stereocenters. The van der Waals surface area contributed by atoms with E-state index in [1.165, 1.54) is 11.8 Å². The van der Waals surface area contributed by atoms with Crippen LogP contribution in [-0.2, 0) is 7.05 Å². The van der Waals surface area contributed by atoms with E-state index in [-0.39, 0.29) is 0 Å². The summed E-state index contributed by atoms with van der Waals surface area (Å²) in [5, 5.41) is 2.09. The molecule has 0 fully saturated rings. The Morgan fingerprint density at radius 1 is 1.16 bits per heavy atom. The van der Waals surface area contributed by atoms with Gasteiger partial charge in [-0.2, -0.15) is 0 Å². The van der Waals surface area contributed by atoms with E-state index in [4.69, 9.17) is 11.6 Å². The van der Waals surface area contributed by atoms with Gasteiger partial charge in [0.05, 0.1) is 11.1 Å². The molecule has 2 aromatic heterocycles. The van der Waals surface area contributed by atoms with Crippen LogP contribution in [0.25, 0.3) is 22.3 Å². The zero-order valence-electron chi connectivity index (χ0n) is 10.6. The maximum atomic E-state index is 6.24. The van der Waals surface area contributed by atoms with Crippen molar-refractivity contribution in [3.63, 3.8) is 0 Å². The summed E-state index contributed by atoms with van der Waals surface area (Å²) in [5.74, 6) is 0. The summed E-state index contributed by atoms with van der Waals surface area (Å²) in [6, 6.07) is 12.2. The Morgan fingerprint density at radius 2 is 1.89 bits per heavy atom. The Labute approximate surface area is 120 Å². The third-order valence-electron chi connectivity index (χ3n) is 3.07. The number of benzene rings is 1. The summed E-state index contributed by atoms with van der Waals surface area (Å²) in [5.41, 5.74) is 3.10. The number of rotatable bonds is 2. The first-order chi connectivity index (χ1) is 9.20. The molecule has 0 saturated carbocycles. The van der Waals surface area contributed by atoms with E-state index in [0.29, 0.717) is 10.3 Å². The van der Waals surface area contributed by atoms with Crippen molar-refractivity contribution in [3.8, 4) is 11.3 Å². The molecule has 1 aromatic carbocycles. The SMILES string of the molecule is CSc1nc(Cl)c2cc(-c3ccccc3)n(C)c2n1. The number of halogens is 1. The Bertz CT molecular complexity index is 737. The van der Waals surface area contributed by atoms with Crippen LogP contribution in [0.3, 0.4) is 0 Å². The molecular weight excluding hydrogens is 278 g/mol. The van der Waals surface area contributed by atoms with E-state index >= 15 is 0 Å². The van der Waals surface area contributed by atoms with Gasteiger partial charge >= 0.3 is 0 Å². The van der Waals surface area contributed by atoms with E-state index in [9.17, 15) is 0 Å². The summed E-state index contributed by atoms with van der Waals surface area (Å²) in [6.45, 7) is 0. The molecule has 0 radical (unpaired) electrons. The molecule has 3 rings (SSSR count). The lowest BCUT2D eigenvalue weighted by atomic mass is 10.1. The average molecular weight is 290 g/mol. The number of hydrogen-bond donors (Lipinski definition) is 0. The number of nitrogens with zero attached hydrogens (tertiary/aromatic N) is 3. The van der Waals surface area contributed by atoms with Crippen LogP contribution < -0.4 is 0 Å². The van der Waals surface area contributed by atoms with Gasteiger partial charge in [-0.25, -0.2) is 9.97 Å². The van der Waals surface area contributed by atoms with Gasteiger partial charge in [-0.05, 0) is 17.9 Å². The maximum Gasteiger partial charge on any atom is 0.190 e. The van der Waals surface area contributed by atoms with E-state index < -0.39 is 0 Å². The number of aryl methyl sites for hydroxylation is 1. The molecule has 0 bridgehead atoms. The molecule has 3 aromatic rings. The van der Waals surface area contributed by atoms with Crippen molar-refractivity contribution >= 4 is 34.4 Å². The lowest BCUT2D eigenvalue weighted by Gasteiger charge is -2.04. The lowest BCUT2D eigenvalue weighted by molar-refractivity contribution is 0.914. The zero-order valence-corrected chi connectivity index (χ0v) is 12.2. The minimum absolute atomic E-state index is 0.507. The van der Waals surface area contributed by atoms with E-state index in [0.717, 1.165) is 22.3 Å². The molecule has 0 N–H and O–H groups in total. The summed E-state index contributed by atoms with van der Waals surface area (Å²) in [4.78, 5) is 8.80. The van der Waals surface area contributed by atoms with Crippen molar-refractivity contribution < 1.29 is 0 Å². The molecule has 0 aliphatic rings. The predicted octanol–water partition coefficient (Wildman–Crippen LogP) is 4.01. The summed E-state index contributed by atoms with van der Waals surface area (Å²) < 4.78 is 2.05. The van der Waals surface area contributed by atoms with E-state index in [1.807, 2.05) is 37.6 Å². The molecular formula is C14H12ClN3S. The van der Waals surface area contributed by atoms with Gasteiger partial charge in [0.1, 0.15) is 10.8 Å². The highest BCUT2D eigenvalue weighted by atomic mass is 35.5. The van der Waals surface area contributed by atoms with E-state index in [2.05, 4.69) is 26.7 Å². The molecule has 19 heavy (non-hydrogen) atoms. The first kappa shape index (κ1) is 12.5. The van der Waals surface area contributed by atoms with Crippen LogP contribution >= 0.6 is 23.4 Å². The van der Waals surface area contributed by atoms with Gasteiger partial charge in [0.2, 0.25) is 0 Å². The molecule has 0 spiro atoms. The van der Waals surface area contributed by atoms with Crippen molar-refractivity contribution in [2.45, 2.75) is 5.16 Å². The highest BCUT2D eigenvalue weighted by Crippen LogP contribution is 2.30. The van der Waals surface area contributed by atoms with Crippen molar-refractivity contribution in [1.29, 1.82) is 0 Å². The van der Waals surface area contributed by atoms with Crippen LogP contribution in [0.1, 0.15) is 0 Å². The van der Waals surface area contributed by atoms with Crippen LogP contribution in [0.15, 0.2) is 41.6 Å². The fourth-order valence-corrected chi connectivity index (χ4v) is 2.75. The minimum Gasteiger partial charge on any atom is -0.328 e. The van der Waals surface area contributed by atoms with Gasteiger partial charge in [0, 0.05) is 7.05 Å². The highest BCUT2D eigenvalue weighted by Gasteiger charge is 2.13. The van der Waals surface area contributed by atoms with Gasteiger partial charge in [0.25, 0.3) is 0 Å². The van der Waals surface area contributed by atoms with Crippen LogP contribution in [0, 0.1) is 0 Å². The molecule has 0 aliphatic heterocycles. The fourth-order valence-electron chi connectivity index (χ4n) is 2.12. The number of fused-ring (bicyclic) bond motifs is 1. The summed E-state index contributed by atoms with van der Waals surface area (Å²) >= 11 is 7.73. The van der Waals surface area contributed by atoms with E-state index in [1.54, 1.807) is 0 Å². The Kier molecular flexibility index (Phi) is 3.21. The van der Waals surface area contributed by atoms with Crippen molar-refractivity contribution in [1.82, 2.24) is 14.5 Å². The van der Waals surface area contributed by atoms with Crippen LogP contribution in [0.4, 0.5) is 0 Å².